The summed E-state index contributed by atoms with van der Waals surface area (Å²) in [6, 6.07) is 4.38. The smallest absolute Gasteiger partial charge is 0.168 e. The van der Waals surface area contributed by atoms with Crippen LogP contribution in [-0.4, -0.2) is 54.9 Å². The van der Waals surface area contributed by atoms with Gasteiger partial charge < -0.3 is 24.2 Å². The van der Waals surface area contributed by atoms with Crippen LogP contribution in [-0.2, 0) is 19.8 Å². The second kappa shape index (κ2) is 6.26. The summed E-state index contributed by atoms with van der Waals surface area (Å²) < 4.78 is 17.0. The van der Waals surface area contributed by atoms with Crippen LogP contribution in [0.25, 0.3) is 0 Å². The maximum atomic E-state index is 11.0. The van der Waals surface area contributed by atoms with Crippen molar-refractivity contribution < 1.29 is 19.3 Å². The Bertz CT molecular complexity index is 561. The van der Waals surface area contributed by atoms with E-state index in [9.17, 15) is 5.11 Å². The van der Waals surface area contributed by atoms with Crippen molar-refractivity contribution in [2.24, 2.45) is 0 Å². The van der Waals surface area contributed by atoms with Gasteiger partial charge in [0.05, 0.1) is 44.0 Å². The molecular formula is C18H26N2O4. The number of hydrogen-bond donors (Lipinski definition) is 1. The molecular weight excluding hydrogens is 308 g/mol. The lowest BCUT2D eigenvalue weighted by Gasteiger charge is -2.40. The first kappa shape index (κ1) is 16.3. The van der Waals surface area contributed by atoms with E-state index in [0.717, 1.165) is 31.1 Å². The lowest BCUT2D eigenvalue weighted by Crippen LogP contribution is -2.44. The number of anilines is 1. The topological polar surface area (TPSA) is 64.1 Å². The Morgan fingerprint density at radius 3 is 2.50 bits per heavy atom. The molecule has 0 amide bonds. The van der Waals surface area contributed by atoms with E-state index in [1.54, 1.807) is 0 Å². The molecule has 0 radical (unpaired) electrons. The summed E-state index contributed by atoms with van der Waals surface area (Å²) >= 11 is 0. The van der Waals surface area contributed by atoms with Gasteiger partial charge in [0.2, 0.25) is 0 Å². The van der Waals surface area contributed by atoms with Gasteiger partial charge in [-0.05, 0) is 31.9 Å². The van der Waals surface area contributed by atoms with E-state index in [2.05, 4.69) is 22.9 Å². The first-order valence-electron chi connectivity index (χ1n) is 8.92. The Hall–Kier alpha value is -1.21. The van der Waals surface area contributed by atoms with Crippen LogP contribution in [0.5, 0.6) is 0 Å². The van der Waals surface area contributed by atoms with Crippen LogP contribution in [0.15, 0.2) is 18.3 Å². The van der Waals surface area contributed by atoms with Gasteiger partial charge in [-0.1, -0.05) is 0 Å². The summed E-state index contributed by atoms with van der Waals surface area (Å²) in [4.78, 5) is 6.89. The van der Waals surface area contributed by atoms with Gasteiger partial charge in [-0.25, -0.2) is 0 Å². The van der Waals surface area contributed by atoms with E-state index in [0.29, 0.717) is 44.9 Å². The fourth-order valence-corrected chi connectivity index (χ4v) is 4.03. The number of morpholine rings is 1. The standard InChI is InChI=1S/C18H26N2O4/c1-14-13-22-9-8-20(14)15-2-3-16(19-12-15)17(21)4-6-18(7-5-17)23-10-11-24-18/h2-3,12,14,21H,4-11,13H2,1H3. The molecule has 1 aromatic rings. The average molecular weight is 334 g/mol. The minimum atomic E-state index is -0.879. The van der Waals surface area contributed by atoms with Crippen LogP contribution in [0.1, 0.15) is 38.3 Å². The minimum absolute atomic E-state index is 0.348. The second-order valence-corrected chi connectivity index (χ2v) is 7.16. The molecule has 6 nitrogen and oxygen atoms in total. The first-order chi connectivity index (χ1) is 11.6. The Balaban J connectivity index is 1.46. The Morgan fingerprint density at radius 2 is 1.88 bits per heavy atom. The molecule has 1 saturated carbocycles. The number of hydrogen-bond acceptors (Lipinski definition) is 6. The maximum Gasteiger partial charge on any atom is 0.168 e. The van der Waals surface area contributed by atoms with Gasteiger partial charge in [0, 0.05) is 25.4 Å². The van der Waals surface area contributed by atoms with E-state index in [4.69, 9.17) is 14.2 Å². The van der Waals surface area contributed by atoms with Crippen LogP contribution < -0.4 is 4.90 Å². The van der Waals surface area contributed by atoms with Crippen molar-refractivity contribution in [1.82, 2.24) is 4.98 Å². The normalized spacial score (nSPS) is 29.1. The number of ether oxygens (including phenoxy) is 3. The van der Waals surface area contributed by atoms with Crippen LogP contribution in [0, 0.1) is 0 Å². The molecule has 4 rings (SSSR count). The lowest BCUT2D eigenvalue weighted by molar-refractivity contribution is -0.204. The van der Waals surface area contributed by atoms with E-state index in [1.807, 2.05) is 12.3 Å². The van der Waals surface area contributed by atoms with E-state index in [1.165, 1.54) is 0 Å². The second-order valence-electron chi connectivity index (χ2n) is 7.16. The molecule has 1 atom stereocenters. The van der Waals surface area contributed by atoms with Gasteiger partial charge in [0.15, 0.2) is 5.79 Å². The summed E-state index contributed by atoms with van der Waals surface area (Å²) in [5.41, 5.74) is 0.961. The largest absolute Gasteiger partial charge is 0.384 e. The average Bonchev–Trinajstić information content (AvgIpc) is 3.07. The third-order valence-electron chi connectivity index (χ3n) is 5.58. The molecule has 0 bridgehead atoms. The first-order valence-corrected chi connectivity index (χ1v) is 8.92. The molecule has 1 spiro atoms. The molecule has 1 aliphatic carbocycles. The van der Waals surface area contributed by atoms with Crippen molar-refractivity contribution in [1.29, 1.82) is 0 Å². The van der Waals surface area contributed by atoms with Crippen LogP contribution in [0.4, 0.5) is 5.69 Å². The minimum Gasteiger partial charge on any atom is -0.384 e. The third kappa shape index (κ3) is 2.92. The van der Waals surface area contributed by atoms with Crippen molar-refractivity contribution in [3.05, 3.63) is 24.0 Å². The van der Waals surface area contributed by atoms with E-state index < -0.39 is 11.4 Å². The predicted molar refractivity (Wildman–Crippen MR) is 88.9 cm³/mol. The predicted octanol–water partition coefficient (Wildman–Crippen LogP) is 1.81. The summed E-state index contributed by atoms with van der Waals surface area (Å²) in [6.07, 6.45) is 4.55. The summed E-state index contributed by atoms with van der Waals surface area (Å²) in [7, 11) is 0. The zero-order valence-corrected chi connectivity index (χ0v) is 14.2. The molecule has 2 aliphatic heterocycles. The maximum absolute atomic E-state index is 11.0. The molecule has 1 N–H and O–H groups in total. The molecule has 0 aromatic carbocycles. The SMILES string of the molecule is CC1COCCN1c1ccc(C2(O)CCC3(CC2)OCCO3)nc1. The van der Waals surface area contributed by atoms with Gasteiger partial charge in [-0.3, -0.25) is 4.98 Å². The Morgan fingerprint density at radius 1 is 1.12 bits per heavy atom. The molecule has 6 heteroatoms. The van der Waals surface area contributed by atoms with Crippen LogP contribution in [0.2, 0.25) is 0 Å². The van der Waals surface area contributed by atoms with Gasteiger partial charge in [0.1, 0.15) is 5.60 Å². The molecule has 2 saturated heterocycles. The highest BCUT2D eigenvalue weighted by atomic mass is 16.7. The van der Waals surface area contributed by atoms with Crippen molar-refractivity contribution in [3.8, 4) is 0 Å². The summed E-state index contributed by atoms with van der Waals surface area (Å²) in [5.74, 6) is -0.463. The van der Waals surface area contributed by atoms with Crippen molar-refractivity contribution in [2.75, 3.05) is 37.9 Å². The van der Waals surface area contributed by atoms with Crippen molar-refractivity contribution >= 4 is 5.69 Å². The number of rotatable bonds is 2. The number of aromatic nitrogens is 1. The van der Waals surface area contributed by atoms with Gasteiger partial charge in [-0.15, -0.1) is 0 Å². The molecule has 1 unspecified atom stereocenters. The fraction of sp³-hybridized carbons (Fsp3) is 0.722. The highest BCUT2D eigenvalue weighted by molar-refractivity contribution is 5.46. The van der Waals surface area contributed by atoms with E-state index >= 15 is 0 Å². The number of pyridine rings is 1. The summed E-state index contributed by atoms with van der Waals surface area (Å²) in [6.45, 7) is 5.84. The Labute approximate surface area is 142 Å². The lowest BCUT2D eigenvalue weighted by atomic mass is 9.79. The fourth-order valence-electron chi connectivity index (χ4n) is 4.03. The number of aliphatic hydroxyl groups is 1. The molecule has 3 heterocycles. The van der Waals surface area contributed by atoms with Gasteiger partial charge in [-0.2, -0.15) is 0 Å². The Kier molecular flexibility index (Phi) is 4.24. The zero-order chi connectivity index (χ0) is 16.6. The number of nitrogens with zero attached hydrogens (tertiary/aromatic N) is 2. The monoisotopic (exact) mass is 334 g/mol. The highest BCUT2D eigenvalue weighted by Gasteiger charge is 2.46. The van der Waals surface area contributed by atoms with E-state index in [-0.39, 0.29) is 0 Å². The molecule has 1 aromatic heterocycles. The van der Waals surface area contributed by atoms with Crippen LogP contribution >= 0.6 is 0 Å². The quantitative estimate of drug-likeness (QED) is 0.890. The highest BCUT2D eigenvalue weighted by Crippen LogP contribution is 2.44. The molecule has 132 valence electrons. The summed E-state index contributed by atoms with van der Waals surface area (Å²) in [5, 5.41) is 11.0. The van der Waals surface area contributed by atoms with Crippen molar-refractivity contribution in [2.45, 2.75) is 50.0 Å². The van der Waals surface area contributed by atoms with Crippen molar-refractivity contribution in [3.63, 3.8) is 0 Å². The molecule has 24 heavy (non-hydrogen) atoms. The van der Waals surface area contributed by atoms with Crippen LogP contribution in [0.3, 0.4) is 0 Å². The van der Waals surface area contributed by atoms with Gasteiger partial charge >= 0.3 is 0 Å². The third-order valence-corrected chi connectivity index (χ3v) is 5.58. The zero-order valence-electron chi connectivity index (χ0n) is 14.2. The molecule has 3 aliphatic rings. The molecule has 3 fully saturated rings. The van der Waals surface area contributed by atoms with Gasteiger partial charge in [0.25, 0.3) is 0 Å².